The molecule has 0 spiro atoms. The Morgan fingerprint density at radius 2 is 1.81 bits per heavy atom. The number of anilines is 1. The second-order valence-electron chi connectivity index (χ2n) is 5.07. The number of benzene rings is 1. The number of carboxylic acids is 1. The van der Waals surface area contributed by atoms with Gasteiger partial charge in [0.1, 0.15) is 0 Å². The lowest BCUT2D eigenvalue weighted by atomic mass is 9.85. The van der Waals surface area contributed by atoms with E-state index in [1.54, 1.807) is 38.1 Å². The van der Waals surface area contributed by atoms with Gasteiger partial charge >= 0.3 is 5.97 Å². The van der Waals surface area contributed by atoms with E-state index >= 15 is 0 Å². The SMILES string of the molecule is CC(C)(C(=O)O)c1ccc(NC(=O)c2ccoc2Cl)cc1. The molecule has 1 heterocycles. The molecule has 0 radical (unpaired) electrons. The van der Waals surface area contributed by atoms with Crippen LogP contribution in [-0.2, 0) is 10.2 Å². The number of amides is 1. The van der Waals surface area contributed by atoms with Crippen molar-refractivity contribution in [2.24, 2.45) is 0 Å². The zero-order valence-corrected chi connectivity index (χ0v) is 12.3. The summed E-state index contributed by atoms with van der Waals surface area (Å²) >= 11 is 5.73. The van der Waals surface area contributed by atoms with Crippen molar-refractivity contribution in [2.45, 2.75) is 19.3 Å². The van der Waals surface area contributed by atoms with Gasteiger partial charge in [0.2, 0.25) is 5.22 Å². The van der Waals surface area contributed by atoms with Crippen molar-refractivity contribution in [2.75, 3.05) is 5.32 Å². The van der Waals surface area contributed by atoms with Crippen LogP contribution in [0.15, 0.2) is 41.0 Å². The molecule has 0 aliphatic carbocycles. The summed E-state index contributed by atoms with van der Waals surface area (Å²) in [5.41, 5.74) is 0.444. The van der Waals surface area contributed by atoms with E-state index in [9.17, 15) is 14.7 Å². The Morgan fingerprint density at radius 3 is 2.29 bits per heavy atom. The number of carboxylic acid groups (broad SMARTS) is 1. The van der Waals surface area contributed by atoms with Crippen LogP contribution in [0.25, 0.3) is 0 Å². The third-order valence-electron chi connectivity index (χ3n) is 3.26. The number of rotatable bonds is 4. The van der Waals surface area contributed by atoms with Crippen LogP contribution in [-0.4, -0.2) is 17.0 Å². The summed E-state index contributed by atoms with van der Waals surface area (Å²) in [6.45, 7) is 3.24. The van der Waals surface area contributed by atoms with Crippen molar-refractivity contribution in [1.29, 1.82) is 0 Å². The Hall–Kier alpha value is -2.27. The first-order valence-electron chi connectivity index (χ1n) is 6.20. The molecule has 0 atom stereocenters. The Morgan fingerprint density at radius 1 is 1.19 bits per heavy atom. The van der Waals surface area contributed by atoms with Gasteiger partial charge in [0.25, 0.3) is 5.91 Å². The van der Waals surface area contributed by atoms with Crippen LogP contribution in [0.1, 0.15) is 29.8 Å². The molecule has 6 heteroatoms. The van der Waals surface area contributed by atoms with E-state index in [0.717, 1.165) is 0 Å². The molecule has 0 aliphatic heterocycles. The molecule has 0 aliphatic rings. The number of aliphatic carboxylic acids is 1. The van der Waals surface area contributed by atoms with Gasteiger partial charge in [0.05, 0.1) is 17.2 Å². The monoisotopic (exact) mass is 307 g/mol. The van der Waals surface area contributed by atoms with E-state index in [2.05, 4.69) is 5.32 Å². The number of carbonyl (C=O) groups is 2. The van der Waals surface area contributed by atoms with Crippen molar-refractivity contribution in [3.8, 4) is 0 Å². The summed E-state index contributed by atoms with van der Waals surface area (Å²) in [6.07, 6.45) is 1.33. The third kappa shape index (κ3) is 3.08. The topological polar surface area (TPSA) is 79.5 Å². The van der Waals surface area contributed by atoms with Crippen LogP contribution in [0, 0.1) is 0 Å². The normalized spacial score (nSPS) is 11.2. The Labute approximate surface area is 126 Å². The molecule has 2 N–H and O–H groups in total. The average molecular weight is 308 g/mol. The molecule has 5 nitrogen and oxygen atoms in total. The zero-order chi connectivity index (χ0) is 15.6. The van der Waals surface area contributed by atoms with Crippen LogP contribution in [0.2, 0.25) is 5.22 Å². The van der Waals surface area contributed by atoms with Crippen LogP contribution in [0.3, 0.4) is 0 Å². The van der Waals surface area contributed by atoms with E-state index in [0.29, 0.717) is 11.3 Å². The predicted molar refractivity (Wildman–Crippen MR) is 78.8 cm³/mol. The molecule has 0 saturated carbocycles. The van der Waals surface area contributed by atoms with E-state index in [4.69, 9.17) is 16.0 Å². The maximum absolute atomic E-state index is 11.9. The quantitative estimate of drug-likeness (QED) is 0.905. The molecule has 0 bridgehead atoms. The van der Waals surface area contributed by atoms with E-state index in [-0.39, 0.29) is 16.7 Å². The standard InChI is InChI=1S/C15H14ClNO4/c1-15(2,14(19)20)9-3-5-10(6-4-9)17-13(18)11-7-8-21-12(11)16/h3-8H,1-2H3,(H,17,18)(H,19,20). The summed E-state index contributed by atoms with van der Waals surface area (Å²) < 4.78 is 4.85. The fraction of sp³-hybridized carbons (Fsp3) is 0.200. The fourth-order valence-electron chi connectivity index (χ4n) is 1.75. The van der Waals surface area contributed by atoms with Gasteiger partial charge in [0, 0.05) is 5.69 Å². The second-order valence-corrected chi connectivity index (χ2v) is 5.41. The van der Waals surface area contributed by atoms with Crippen molar-refractivity contribution in [3.05, 3.63) is 52.9 Å². The molecule has 1 aromatic heterocycles. The summed E-state index contributed by atoms with van der Waals surface area (Å²) in [5.74, 6) is -1.30. The van der Waals surface area contributed by atoms with Gasteiger partial charge in [-0.05, 0) is 49.2 Å². The first kappa shape index (κ1) is 15.1. The summed E-state index contributed by atoms with van der Waals surface area (Å²) in [6, 6.07) is 8.10. The minimum Gasteiger partial charge on any atom is -0.481 e. The highest BCUT2D eigenvalue weighted by atomic mass is 35.5. The third-order valence-corrected chi connectivity index (χ3v) is 3.55. The molecule has 2 aromatic rings. The highest BCUT2D eigenvalue weighted by Gasteiger charge is 2.29. The molecule has 1 aromatic carbocycles. The average Bonchev–Trinajstić information content (AvgIpc) is 2.85. The highest BCUT2D eigenvalue weighted by molar-refractivity contribution is 6.32. The number of hydrogen-bond donors (Lipinski definition) is 2. The largest absolute Gasteiger partial charge is 0.481 e. The molecule has 21 heavy (non-hydrogen) atoms. The Kier molecular flexibility index (Phi) is 4.04. The van der Waals surface area contributed by atoms with Gasteiger partial charge in [-0.2, -0.15) is 0 Å². The molecule has 0 fully saturated rings. The molecule has 1 amide bonds. The zero-order valence-electron chi connectivity index (χ0n) is 11.5. The lowest BCUT2D eigenvalue weighted by Gasteiger charge is -2.19. The van der Waals surface area contributed by atoms with Crippen LogP contribution >= 0.6 is 11.6 Å². The lowest BCUT2D eigenvalue weighted by Crippen LogP contribution is -2.28. The smallest absolute Gasteiger partial charge is 0.313 e. The van der Waals surface area contributed by atoms with Crippen LogP contribution in [0.4, 0.5) is 5.69 Å². The molecule has 2 rings (SSSR count). The molecular formula is C15H14ClNO4. The number of hydrogen-bond acceptors (Lipinski definition) is 3. The number of carbonyl (C=O) groups excluding carboxylic acids is 1. The van der Waals surface area contributed by atoms with E-state index in [1.807, 2.05) is 0 Å². The maximum atomic E-state index is 11.9. The maximum Gasteiger partial charge on any atom is 0.313 e. The first-order valence-corrected chi connectivity index (χ1v) is 6.58. The van der Waals surface area contributed by atoms with Crippen LogP contribution < -0.4 is 5.32 Å². The first-order chi connectivity index (χ1) is 9.82. The Balaban J connectivity index is 2.15. The predicted octanol–water partition coefficient (Wildman–Crippen LogP) is 3.55. The molecule has 0 unspecified atom stereocenters. The fourth-order valence-corrected chi connectivity index (χ4v) is 1.95. The highest BCUT2D eigenvalue weighted by Crippen LogP contribution is 2.25. The van der Waals surface area contributed by atoms with E-state index in [1.165, 1.54) is 12.3 Å². The van der Waals surface area contributed by atoms with Gasteiger partial charge in [0.15, 0.2) is 0 Å². The molecule has 110 valence electrons. The number of halogens is 1. The van der Waals surface area contributed by atoms with Gasteiger partial charge in [-0.3, -0.25) is 9.59 Å². The van der Waals surface area contributed by atoms with Crippen molar-refractivity contribution < 1.29 is 19.1 Å². The Bertz CT molecular complexity index is 673. The van der Waals surface area contributed by atoms with Crippen molar-refractivity contribution in [3.63, 3.8) is 0 Å². The minimum absolute atomic E-state index is 0.0242. The van der Waals surface area contributed by atoms with Crippen molar-refractivity contribution in [1.82, 2.24) is 0 Å². The number of furan rings is 1. The van der Waals surface area contributed by atoms with Crippen LogP contribution in [0.5, 0.6) is 0 Å². The summed E-state index contributed by atoms with van der Waals surface area (Å²) in [4.78, 5) is 23.1. The minimum atomic E-state index is -0.990. The summed E-state index contributed by atoms with van der Waals surface area (Å²) in [7, 11) is 0. The molecular weight excluding hydrogens is 294 g/mol. The summed E-state index contributed by atoms with van der Waals surface area (Å²) in [5, 5.41) is 11.9. The van der Waals surface area contributed by atoms with Gasteiger partial charge < -0.3 is 14.8 Å². The van der Waals surface area contributed by atoms with Gasteiger partial charge in [-0.1, -0.05) is 12.1 Å². The van der Waals surface area contributed by atoms with Gasteiger partial charge in [-0.25, -0.2) is 0 Å². The lowest BCUT2D eigenvalue weighted by molar-refractivity contribution is -0.142. The van der Waals surface area contributed by atoms with Crippen molar-refractivity contribution >= 4 is 29.2 Å². The molecule has 0 saturated heterocycles. The van der Waals surface area contributed by atoms with E-state index < -0.39 is 11.4 Å². The van der Waals surface area contributed by atoms with Gasteiger partial charge in [-0.15, -0.1) is 0 Å². The second kappa shape index (κ2) is 5.61. The number of nitrogens with one attached hydrogen (secondary N) is 1.